The van der Waals surface area contributed by atoms with Gasteiger partial charge in [-0.2, -0.15) is 0 Å². The van der Waals surface area contributed by atoms with Gasteiger partial charge in [0.25, 0.3) is 0 Å². The molecule has 0 N–H and O–H groups in total. The summed E-state index contributed by atoms with van der Waals surface area (Å²) in [4.78, 5) is 2.44. The van der Waals surface area contributed by atoms with E-state index in [0.717, 1.165) is 72.1 Å². The topological polar surface area (TPSA) is 29.5 Å². The number of benzene rings is 8. The minimum absolute atomic E-state index is 0.147. The van der Waals surface area contributed by atoms with Gasteiger partial charge in [0.1, 0.15) is 22.3 Å². The highest BCUT2D eigenvalue weighted by atomic mass is 16.3. The molecule has 1 aliphatic carbocycles. The molecule has 3 nitrogen and oxygen atoms in total. The second kappa shape index (κ2) is 10.7. The molecular formula is C49H33NO2. The monoisotopic (exact) mass is 667 g/mol. The van der Waals surface area contributed by atoms with Gasteiger partial charge in [-0.1, -0.05) is 123 Å². The molecule has 0 fully saturated rings. The third-order valence-electron chi connectivity index (χ3n) is 11.2. The minimum Gasteiger partial charge on any atom is -0.456 e. The quantitative estimate of drug-likeness (QED) is 0.187. The molecule has 0 bridgehead atoms. The van der Waals surface area contributed by atoms with Gasteiger partial charge >= 0.3 is 0 Å². The van der Waals surface area contributed by atoms with Crippen LogP contribution in [0.5, 0.6) is 0 Å². The molecule has 11 rings (SSSR count). The standard InChI is InChI=1S/C49H33NO2/c1-49(2)39-19-8-5-15-33(39)34-26-25-32(29-40(34)49)50(42-21-12-24-45-48(42)37-17-7-10-22-43(37)51-45)41-20-9-6-16-35(41)36-18-11-23-44-47(36)38-27-30-13-3-4-14-31(30)28-46(38)52-44/h3-29H,1-2H3. The van der Waals surface area contributed by atoms with Crippen LogP contribution >= 0.6 is 0 Å². The molecule has 0 radical (unpaired) electrons. The maximum Gasteiger partial charge on any atom is 0.137 e. The van der Waals surface area contributed by atoms with Crippen molar-refractivity contribution in [3.63, 3.8) is 0 Å². The van der Waals surface area contributed by atoms with Gasteiger partial charge in [-0.3, -0.25) is 0 Å². The lowest BCUT2D eigenvalue weighted by Crippen LogP contribution is -2.17. The summed E-state index contributed by atoms with van der Waals surface area (Å²) in [6.45, 7) is 4.69. The molecular weight excluding hydrogens is 635 g/mol. The molecule has 2 heterocycles. The molecule has 1 aliphatic rings. The van der Waals surface area contributed by atoms with E-state index >= 15 is 0 Å². The zero-order chi connectivity index (χ0) is 34.6. The molecule has 52 heavy (non-hydrogen) atoms. The van der Waals surface area contributed by atoms with Crippen LogP contribution in [-0.2, 0) is 5.41 Å². The molecule has 10 aromatic rings. The van der Waals surface area contributed by atoms with Gasteiger partial charge in [0.2, 0.25) is 0 Å². The number of hydrogen-bond acceptors (Lipinski definition) is 3. The lowest BCUT2D eigenvalue weighted by molar-refractivity contribution is 0.660. The van der Waals surface area contributed by atoms with E-state index in [4.69, 9.17) is 8.83 Å². The average Bonchev–Trinajstić information content (AvgIpc) is 3.82. The summed E-state index contributed by atoms with van der Waals surface area (Å²) in [6.07, 6.45) is 0. The summed E-state index contributed by atoms with van der Waals surface area (Å²) in [7, 11) is 0. The summed E-state index contributed by atoms with van der Waals surface area (Å²) in [5.41, 5.74) is 14.2. The second-order valence-corrected chi connectivity index (χ2v) is 14.5. The number of furan rings is 2. The highest BCUT2D eigenvalue weighted by Gasteiger charge is 2.36. The Labute approximate surface area is 301 Å². The molecule has 246 valence electrons. The van der Waals surface area contributed by atoms with E-state index in [1.165, 1.54) is 33.0 Å². The predicted molar refractivity (Wildman–Crippen MR) is 216 cm³/mol. The van der Waals surface area contributed by atoms with Crippen molar-refractivity contribution in [1.29, 1.82) is 0 Å². The number of rotatable bonds is 4. The van der Waals surface area contributed by atoms with Gasteiger partial charge in [0.15, 0.2) is 0 Å². The third-order valence-corrected chi connectivity index (χ3v) is 11.2. The van der Waals surface area contributed by atoms with Crippen molar-refractivity contribution in [2.24, 2.45) is 0 Å². The smallest absolute Gasteiger partial charge is 0.137 e. The van der Waals surface area contributed by atoms with E-state index in [9.17, 15) is 0 Å². The Bertz CT molecular complexity index is 3070. The first kappa shape index (κ1) is 29.2. The number of nitrogens with zero attached hydrogens (tertiary/aromatic N) is 1. The Morgan fingerprint density at radius 2 is 1.02 bits per heavy atom. The number of fused-ring (bicyclic) bond motifs is 10. The molecule has 8 aromatic carbocycles. The minimum atomic E-state index is -0.147. The van der Waals surface area contributed by atoms with Gasteiger partial charge in [0.05, 0.1) is 16.8 Å². The molecule has 0 aliphatic heterocycles. The molecule has 0 unspecified atom stereocenters. The molecule has 0 spiro atoms. The largest absolute Gasteiger partial charge is 0.456 e. The van der Waals surface area contributed by atoms with Crippen LogP contribution < -0.4 is 4.90 Å². The number of para-hydroxylation sites is 2. The average molecular weight is 668 g/mol. The summed E-state index contributed by atoms with van der Waals surface area (Å²) >= 11 is 0. The zero-order valence-corrected chi connectivity index (χ0v) is 28.9. The van der Waals surface area contributed by atoms with Crippen molar-refractivity contribution >= 4 is 71.7 Å². The fourth-order valence-electron chi connectivity index (χ4n) is 8.81. The van der Waals surface area contributed by atoms with E-state index in [2.05, 4.69) is 176 Å². The Balaban J connectivity index is 1.21. The fourth-order valence-corrected chi connectivity index (χ4v) is 8.81. The highest BCUT2D eigenvalue weighted by Crippen LogP contribution is 2.53. The zero-order valence-electron chi connectivity index (χ0n) is 28.9. The van der Waals surface area contributed by atoms with E-state index in [1.807, 2.05) is 6.07 Å². The van der Waals surface area contributed by atoms with Crippen LogP contribution in [0.25, 0.3) is 76.9 Å². The van der Waals surface area contributed by atoms with Gasteiger partial charge in [0, 0.05) is 32.8 Å². The Morgan fingerprint density at radius 1 is 0.404 bits per heavy atom. The molecule has 0 amide bonds. The first-order valence-corrected chi connectivity index (χ1v) is 17.9. The summed E-state index contributed by atoms with van der Waals surface area (Å²) in [5.74, 6) is 0. The lowest BCUT2D eigenvalue weighted by atomic mass is 9.82. The Morgan fingerprint density at radius 3 is 1.90 bits per heavy atom. The van der Waals surface area contributed by atoms with Crippen molar-refractivity contribution in [2.45, 2.75) is 19.3 Å². The van der Waals surface area contributed by atoms with Crippen molar-refractivity contribution in [3.05, 3.63) is 175 Å². The van der Waals surface area contributed by atoms with Crippen LogP contribution in [0.3, 0.4) is 0 Å². The van der Waals surface area contributed by atoms with Crippen LogP contribution in [-0.4, -0.2) is 0 Å². The van der Waals surface area contributed by atoms with Gasteiger partial charge in [-0.05, 0) is 93.2 Å². The van der Waals surface area contributed by atoms with Crippen molar-refractivity contribution < 1.29 is 8.83 Å². The van der Waals surface area contributed by atoms with E-state index < -0.39 is 0 Å². The molecule has 0 saturated heterocycles. The molecule has 0 atom stereocenters. The van der Waals surface area contributed by atoms with Gasteiger partial charge in [-0.15, -0.1) is 0 Å². The first-order valence-electron chi connectivity index (χ1n) is 17.9. The number of anilines is 3. The molecule has 0 saturated carbocycles. The second-order valence-electron chi connectivity index (χ2n) is 14.5. The maximum absolute atomic E-state index is 6.57. The van der Waals surface area contributed by atoms with E-state index in [1.54, 1.807) is 0 Å². The predicted octanol–water partition coefficient (Wildman–Crippen LogP) is 14.1. The molecule has 2 aromatic heterocycles. The SMILES string of the molecule is CC1(C)c2ccccc2-c2ccc(N(c3ccccc3-c3cccc4oc5cc6ccccc6cc5c34)c3cccc4oc5ccccc5c34)cc21. The summed E-state index contributed by atoms with van der Waals surface area (Å²) in [5, 5.41) is 6.79. The first-order chi connectivity index (χ1) is 25.5. The fraction of sp³-hybridized carbons (Fsp3) is 0.0612. The van der Waals surface area contributed by atoms with Crippen molar-refractivity contribution in [2.75, 3.05) is 4.90 Å². The third kappa shape index (κ3) is 4.08. The van der Waals surface area contributed by atoms with Crippen LogP contribution in [0.4, 0.5) is 17.1 Å². The van der Waals surface area contributed by atoms with Crippen LogP contribution in [0.1, 0.15) is 25.0 Å². The normalized spacial score (nSPS) is 13.3. The van der Waals surface area contributed by atoms with E-state index in [0.29, 0.717) is 0 Å². The van der Waals surface area contributed by atoms with E-state index in [-0.39, 0.29) is 5.41 Å². The highest BCUT2D eigenvalue weighted by molar-refractivity contribution is 6.18. The van der Waals surface area contributed by atoms with Crippen molar-refractivity contribution in [3.8, 4) is 22.3 Å². The summed E-state index contributed by atoms with van der Waals surface area (Å²) < 4.78 is 13.0. The van der Waals surface area contributed by atoms with Gasteiger partial charge in [-0.25, -0.2) is 0 Å². The van der Waals surface area contributed by atoms with Gasteiger partial charge < -0.3 is 13.7 Å². The van der Waals surface area contributed by atoms with Crippen molar-refractivity contribution in [1.82, 2.24) is 0 Å². The van der Waals surface area contributed by atoms with Crippen LogP contribution in [0.2, 0.25) is 0 Å². The maximum atomic E-state index is 6.57. The summed E-state index contributed by atoms with van der Waals surface area (Å²) in [6, 6.07) is 58.8. The molecule has 3 heteroatoms. The lowest BCUT2D eigenvalue weighted by Gasteiger charge is -2.30. The Kier molecular flexibility index (Phi) is 6.01. The van der Waals surface area contributed by atoms with Crippen LogP contribution in [0.15, 0.2) is 173 Å². The van der Waals surface area contributed by atoms with Crippen LogP contribution in [0, 0.1) is 0 Å². The number of hydrogen-bond donors (Lipinski definition) is 0. The Hall–Kier alpha value is -6.58.